The normalized spacial score (nSPS) is 36.1. The lowest BCUT2D eigenvalue weighted by Gasteiger charge is -2.18. The summed E-state index contributed by atoms with van der Waals surface area (Å²) in [4.78, 5) is 11.8. The third-order valence-electron chi connectivity index (χ3n) is 3.10. The van der Waals surface area contributed by atoms with Crippen molar-refractivity contribution in [3.8, 4) is 0 Å². The van der Waals surface area contributed by atoms with Crippen molar-refractivity contribution in [1.29, 1.82) is 0 Å². The third kappa shape index (κ3) is 3.40. The number of carbonyl (C=O) groups is 1. The van der Waals surface area contributed by atoms with Gasteiger partial charge in [0.1, 0.15) is 12.2 Å². The highest BCUT2D eigenvalue weighted by Crippen LogP contribution is 2.22. The molecule has 0 bridgehead atoms. The van der Waals surface area contributed by atoms with Gasteiger partial charge < -0.3 is 19.5 Å². The van der Waals surface area contributed by atoms with Crippen LogP contribution >= 0.6 is 0 Å². The standard InChI is InChI=1S/C12H21NO4/c1-8-4-5-10(16-8)11(14)13-6-9-7-15-12(2,3)17-9/h8-10H,4-7H2,1-3H3,(H,13,14). The second-order valence-electron chi connectivity index (χ2n) is 5.21. The molecule has 98 valence electrons. The summed E-state index contributed by atoms with van der Waals surface area (Å²) in [7, 11) is 0. The van der Waals surface area contributed by atoms with Crippen LogP contribution in [0.4, 0.5) is 0 Å². The van der Waals surface area contributed by atoms with Gasteiger partial charge in [0.25, 0.3) is 0 Å². The minimum absolute atomic E-state index is 0.0392. The fraction of sp³-hybridized carbons (Fsp3) is 0.917. The summed E-state index contributed by atoms with van der Waals surface area (Å²) < 4.78 is 16.5. The number of hydrogen-bond acceptors (Lipinski definition) is 4. The summed E-state index contributed by atoms with van der Waals surface area (Å²) in [6.45, 7) is 6.74. The molecule has 5 heteroatoms. The van der Waals surface area contributed by atoms with Gasteiger partial charge in [-0.1, -0.05) is 0 Å². The van der Waals surface area contributed by atoms with Crippen LogP contribution in [0.25, 0.3) is 0 Å². The number of carbonyl (C=O) groups excluding carboxylic acids is 1. The van der Waals surface area contributed by atoms with Gasteiger partial charge in [-0.15, -0.1) is 0 Å². The number of hydrogen-bond donors (Lipinski definition) is 1. The first-order valence-electron chi connectivity index (χ1n) is 6.21. The third-order valence-corrected chi connectivity index (χ3v) is 3.10. The maximum absolute atomic E-state index is 11.8. The van der Waals surface area contributed by atoms with Gasteiger partial charge in [-0.25, -0.2) is 0 Å². The van der Waals surface area contributed by atoms with E-state index in [1.54, 1.807) is 0 Å². The van der Waals surface area contributed by atoms with Crippen molar-refractivity contribution in [2.24, 2.45) is 0 Å². The number of rotatable bonds is 3. The maximum atomic E-state index is 11.8. The predicted molar refractivity (Wildman–Crippen MR) is 61.5 cm³/mol. The smallest absolute Gasteiger partial charge is 0.249 e. The van der Waals surface area contributed by atoms with E-state index in [4.69, 9.17) is 14.2 Å². The lowest BCUT2D eigenvalue weighted by molar-refractivity contribution is -0.141. The van der Waals surface area contributed by atoms with E-state index < -0.39 is 5.79 Å². The number of nitrogens with one attached hydrogen (secondary N) is 1. The molecule has 5 nitrogen and oxygen atoms in total. The van der Waals surface area contributed by atoms with Gasteiger partial charge in [0.2, 0.25) is 5.91 Å². The minimum atomic E-state index is -0.534. The van der Waals surface area contributed by atoms with Crippen LogP contribution in [-0.4, -0.2) is 43.2 Å². The Morgan fingerprint density at radius 1 is 1.41 bits per heavy atom. The molecule has 2 aliphatic rings. The van der Waals surface area contributed by atoms with Crippen LogP contribution in [-0.2, 0) is 19.0 Å². The van der Waals surface area contributed by atoms with Gasteiger partial charge in [0.05, 0.1) is 12.7 Å². The van der Waals surface area contributed by atoms with Crippen LogP contribution in [0.15, 0.2) is 0 Å². The second kappa shape index (κ2) is 4.92. The molecule has 0 aromatic rings. The molecule has 17 heavy (non-hydrogen) atoms. The van der Waals surface area contributed by atoms with E-state index >= 15 is 0 Å². The van der Waals surface area contributed by atoms with Crippen LogP contribution < -0.4 is 5.32 Å². The fourth-order valence-electron chi connectivity index (χ4n) is 2.19. The van der Waals surface area contributed by atoms with E-state index in [0.717, 1.165) is 12.8 Å². The molecule has 0 aromatic carbocycles. The van der Waals surface area contributed by atoms with Crippen LogP contribution in [0.3, 0.4) is 0 Å². The molecule has 0 aliphatic carbocycles. The van der Waals surface area contributed by atoms with Crippen LogP contribution in [0.1, 0.15) is 33.6 Å². The first-order valence-corrected chi connectivity index (χ1v) is 6.21. The lowest BCUT2D eigenvalue weighted by atomic mass is 10.2. The molecule has 1 amide bonds. The molecule has 0 spiro atoms. The Labute approximate surface area is 102 Å². The van der Waals surface area contributed by atoms with Gasteiger partial charge in [0.15, 0.2) is 5.79 Å². The molecule has 3 atom stereocenters. The topological polar surface area (TPSA) is 56.8 Å². The van der Waals surface area contributed by atoms with Crippen LogP contribution in [0.5, 0.6) is 0 Å². The Morgan fingerprint density at radius 3 is 2.71 bits per heavy atom. The number of amides is 1. The van der Waals surface area contributed by atoms with Gasteiger partial charge in [-0.05, 0) is 33.6 Å². The molecule has 2 saturated heterocycles. The lowest BCUT2D eigenvalue weighted by Crippen LogP contribution is -2.40. The SMILES string of the molecule is CC1CCC(C(=O)NCC2COC(C)(C)O2)O1. The predicted octanol–water partition coefficient (Wildman–Crippen LogP) is 0.822. The summed E-state index contributed by atoms with van der Waals surface area (Å²) >= 11 is 0. The monoisotopic (exact) mass is 243 g/mol. The average Bonchev–Trinajstić information content (AvgIpc) is 2.81. The first kappa shape index (κ1) is 12.8. The largest absolute Gasteiger partial charge is 0.365 e. The van der Waals surface area contributed by atoms with Crippen molar-refractivity contribution in [2.45, 2.75) is 57.7 Å². The van der Waals surface area contributed by atoms with E-state index in [0.29, 0.717) is 13.2 Å². The molecule has 2 aliphatic heterocycles. The molecule has 2 heterocycles. The first-order chi connectivity index (χ1) is 7.96. The van der Waals surface area contributed by atoms with E-state index in [9.17, 15) is 4.79 Å². The minimum Gasteiger partial charge on any atom is -0.365 e. The highest BCUT2D eigenvalue weighted by Gasteiger charge is 2.34. The molecule has 2 fully saturated rings. The summed E-state index contributed by atoms with van der Waals surface area (Å²) in [5.41, 5.74) is 0. The van der Waals surface area contributed by atoms with Crippen molar-refractivity contribution in [3.05, 3.63) is 0 Å². The van der Waals surface area contributed by atoms with Crippen molar-refractivity contribution in [2.75, 3.05) is 13.2 Å². The van der Waals surface area contributed by atoms with Crippen molar-refractivity contribution >= 4 is 5.91 Å². The molecule has 3 unspecified atom stereocenters. The Bertz CT molecular complexity index is 292. The summed E-state index contributed by atoms with van der Waals surface area (Å²) in [5, 5.41) is 2.86. The molecule has 0 radical (unpaired) electrons. The Hall–Kier alpha value is -0.650. The molecule has 2 rings (SSSR count). The summed E-state index contributed by atoms with van der Waals surface area (Å²) in [5.74, 6) is -0.573. The maximum Gasteiger partial charge on any atom is 0.249 e. The van der Waals surface area contributed by atoms with Gasteiger partial charge in [-0.2, -0.15) is 0 Å². The molecule has 0 aromatic heterocycles. The molecular formula is C12H21NO4. The zero-order chi connectivity index (χ0) is 12.5. The summed E-state index contributed by atoms with van der Waals surface area (Å²) in [6, 6.07) is 0. The van der Waals surface area contributed by atoms with E-state index in [1.807, 2.05) is 20.8 Å². The summed E-state index contributed by atoms with van der Waals surface area (Å²) in [6.07, 6.45) is 1.60. The van der Waals surface area contributed by atoms with Crippen LogP contribution in [0.2, 0.25) is 0 Å². The number of ether oxygens (including phenoxy) is 3. The second-order valence-corrected chi connectivity index (χ2v) is 5.21. The Morgan fingerprint density at radius 2 is 2.18 bits per heavy atom. The Balaban J connectivity index is 1.70. The van der Waals surface area contributed by atoms with Gasteiger partial charge >= 0.3 is 0 Å². The van der Waals surface area contributed by atoms with Crippen LogP contribution in [0, 0.1) is 0 Å². The van der Waals surface area contributed by atoms with E-state index in [1.165, 1.54) is 0 Å². The van der Waals surface area contributed by atoms with Crippen molar-refractivity contribution in [1.82, 2.24) is 5.32 Å². The van der Waals surface area contributed by atoms with Gasteiger partial charge in [0, 0.05) is 6.54 Å². The molecule has 0 saturated carbocycles. The highest BCUT2D eigenvalue weighted by atomic mass is 16.7. The zero-order valence-corrected chi connectivity index (χ0v) is 10.7. The molecule has 1 N–H and O–H groups in total. The molecular weight excluding hydrogens is 222 g/mol. The van der Waals surface area contributed by atoms with Crippen molar-refractivity contribution < 1.29 is 19.0 Å². The average molecular weight is 243 g/mol. The fourth-order valence-corrected chi connectivity index (χ4v) is 2.19. The highest BCUT2D eigenvalue weighted by molar-refractivity contribution is 5.81. The Kier molecular flexibility index (Phi) is 3.70. The van der Waals surface area contributed by atoms with E-state index in [2.05, 4.69) is 5.32 Å². The van der Waals surface area contributed by atoms with E-state index in [-0.39, 0.29) is 24.2 Å². The van der Waals surface area contributed by atoms with Gasteiger partial charge in [-0.3, -0.25) is 4.79 Å². The van der Waals surface area contributed by atoms with Crippen molar-refractivity contribution in [3.63, 3.8) is 0 Å². The quantitative estimate of drug-likeness (QED) is 0.797. The zero-order valence-electron chi connectivity index (χ0n) is 10.7.